The third kappa shape index (κ3) is 3.32. The molecule has 158 valence electrons. The summed E-state index contributed by atoms with van der Waals surface area (Å²) in [6.45, 7) is 0.935. The molecule has 5 heterocycles. The second kappa shape index (κ2) is 7.37. The zero-order chi connectivity index (χ0) is 20.8. The van der Waals surface area contributed by atoms with Crippen molar-refractivity contribution in [2.45, 2.75) is 50.6 Å². The Labute approximate surface area is 179 Å². The van der Waals surface area contributed by atoms with Gasteiger partial charge in [0, 0.05) is 60.8 Å². The summed E-state index contributed by atoms with van der Waals surface area (Å²) in [5.74, 6) is 0.993. The molecule has 31 heavy (non-hydrogen) atoms. The predicted molar refractivity (Wildman–Crippen MR) is 119 cm³/mol. The van der Waals surface area contributed by atoms with Crippen LogP contribution < -0.4 is 5.32 Å². The molecular formula is C23H25N7O. The molecule has 0 unspecified atom stereocenters. The van der Waals surface area contributed by atoms with E-state index in [1.807, 2.05) is 29.2 Å². The fourth-order valence-electron chi connectivity index (χ4n) is 5.07. The lowest BCUT2D eigenvalue weighted by Gasteiger charge is -2.34. The highest BCUT2D eigenvalue weighted by molar-refractivity contribution is 5.94. The highest BCUT2D eigenvalue weighted by atomic mass is 16.2. The first-order chi connectivity index (χ1) is 15.2. The molecule has 1 saturated carbocycles. The number of carbonyl (C=O) groups excluding carboxylic acids is 1. The highest BCUT2D eigenvalue weighted by Gasteiger charge is 2.31. The molecule has 2 aliphatic rings. The average molecular weight is 416 g/mol. The van der Waals surface area contributed by atoms with Crippen LogP contribution in [0.3, 0.4) is 0 Å². The SMILES string of the molecule is O=C1CCCN1[C@H]1CC[C@@H](Nc2ncc3c(-c4ccn5nccc5c4)c[nH]c3n2)CC1. The molecule has 4 aromatic heterocycles. The maximum Gasteiger partial charge on any atom is 0.224 e. The number of H-pyrrole nitrogens is 1. The van der Waals surface area contributed by atoms with Crippen LogP contribution in [-0.4, -0.2) is 54.0 Å². The van der Waals surface area contributed by atoms with Gasteiger partial charge in [-0.05, 0) is 55.9 Å². The van der Waals surface area contributed by atoms with Gasteiger partial charge in [0.05, 0.1) is 5.52 Å². The molecule has 1 aliphatic carbocycles. The van der Waals surface area contributed by atoms with Gasteiger partial charge in [-0.25, -0.2) is 9.50 Å². The summed E-state index contributed by atoms with van der Waals surface area (Å²) < 4.78 is 1.85. The number of amides is 1. The zero-order valence-corrected chi connectivity index (χ0v) is 17.3. The molecule has 0 radical (unpaired) electrons. The lowest BCUT2D eigenvalue weighted by Crippen LogP contribution is -2.41. The fourth-order valence-corrected chi connectivity index (χ4v) is 5.07. The van der Waals surface area contributed by atoms with Crippen molar-refractivity contribution in [2.24, 2.45) is 0 Å². The van der Waals surface area contributed by atoms with E-state index >= 15 is 0 Å². The Hall–Kier alpha value is -3.42. The van der Waals surface area contributed by atoms with Gasteiger partial charge in [0.25, 0.3) is 0 Å². The molecule has 1 saturated heterocycles. The van der Waals surface area contributed by atoms with Crippen LogP contribution >= 0.6 is 0 Å². The van der Waals surface area contributed by atoms with Gasteiger partial charge >= 0.3 is 0 Å². The number of nitrogens with one attached hydrogen (secondary N) is 2. The number of rotatable bonds is 4. The van der Waals surface area contributed by atoms with Crippen molar-refractivity contribution in [3.05, 3.63) is 43.0 Å². The van der Waals surface area contributed by atoms with Gasteiger partial charge in [0.1, 0.15) is 5.65 Å². The second-order valence-corrected chi connectivity index (χ2v) is 8.61. The number of aromatic amines is 1. The molecule has 0 spiro atoms. The molecule has 1 amide bonds. The topological polar surface area (TPSA) is 91.2 Å². The van der Waals surface area contributed by atoms with Gasteiger partial charge in [0.15, 0.2) is 0 Å². The summed E-state index contributed by atoms with van der Waals surface area (Å²) in [5.41, 5.74) is 4.08. The molecule has 0 bridgehead atoms. The Morgan fingerprint density at radius 3 is 2.90 bits per heavy atom. The Morgan fingerprint density at radius 1 is 1.16 bits per heavy atom. The van der Waals surface area contributed by atoms with E-state index in [0.717, 1.165) is 72.7 Å². The van der Waals surface area contributed by atoms with Crippen LogP contribution in [0.15, 0.2) is 43.0 Å². The minimum Gasteiger partial charge on any atom is -0.351 e. The molecule has 8 nitrogen and oxygen atoms in total. The first-order valence-corrected chi connectivity index (χ1v) is 11.1. The Balaban J connectivity index is 1.16. The monoisotopic (exact) mass is 415 g/mol. The fraction of sp³-hybridized carbons (Fsp3) is 0.391. The van der Waals surface area contributed by atoms with E-state index in [1.165, 1.54) is 0 Å². The standard InChI is InChI=1S/C23H25N7O/c31-21-2-1-10-29(21)17-5-3-16(4-6-17)27-23-25-14-20-19(13-24-22(20)28-23)15-8-11-30-18(12-15)7-9-26-30/h7-9,11-14,16-17H,1-6,10H2,(H2,24,25,27,28)/t16-,17+. The van der Waals surface area contributed by atoms with Crippen molar-refractivity contribution < 1.29 is 4.79 Å². The summed E-state index contributed by atoms with van der Waals surface area (Å²) in [7, 11) is 0. The number of nitrogens with zero attached hydrogens (tertiary/aromatic N) is 5. The first-order valence-electron chi connectivity index (χ1n) is 11.1. The van der Waals surface area contributed by atoms with Gasteiger partial charge in [-0.2, -0.15) is 10.1 Å². The van der Waals surface area contributed by atoms with E-state index < -0.39 is 0 Å². The summed E-state index contributed by atoms with van der Waals surface area (Å²) in [5, 5.41) is 8.77. The average Bonchev–Trinajstić information content (AvgIpc) is 3.53. The lowest BCUT2D eigenvalue weighted by molar-refractivity contribution is -0.130. The second-order valence-electron chi connectivity index (χ2n) is 8.61. The lowest BCUT2D eigenvalue weighted by atomic mass is 9.90. The molecule has 0 aromatic carbocycles. The molecule has 8 heteroatoms. The Bertz CT molecular complexity index is 1250. The van der Waals surface area contributed by atoms with Gasteiger partial charge in [0.2, 0.25) is 11.9 Å². The smallest absolute Gasteiger partial charge is 0.224 e. The molecule has 0 atom stereocenters. The van der Waals surface area contributed by atoms with Crippen LogP contribution in [0.5, 0.6) is 0 Å². The number of likely N-dealkylation sites (tertiary alicyclic amines) is 1. The summed E-state index contributed by atoms with van der Waals surface area (Å²) >= 11 is 0. The predicted octanol–water partition coefficient (Wildman–Crippen LogP) is 3.62. The number of hydrogen-bond acceptors (Lipinski definition) is 5. The highest BCUT2D eigenvalue weighted by Crippen LogP contribution is 2.30. The van der Waals surface area contributed by atoms with Crippen LogP contribution in [0, 0.1) is 0 Å². The van der Waals surface area contributed by atoms with Gasteiger partial charge < -0.3 is 15.2 Å². The largest absolute Gasteiger partial charge is 0.351 e. The van der Waals surface area contributed by atoms with Crippen LogP contribution in [0.2, 0.25) is 0 Å². The maximum atomic E-state index is 12.0. The van der Waals surface area contributed by atoms with Gasteiger partial charge in [-0.15, -0.1) is 0 Å². The molecule has 6 rings (SSSR count). The normalized spacial score (nSPS) is 21.9. The third-order valence-electron chi connectivity index (χ3n) is 6.72. The van der Waals surface area contributed by atoms with Crippen molar-refractivity contribution in [2.75, 3.05) is 11.9 Å². The summed E-state index contributed by atoms with van der Waals surface area (Å²) in [6, 6.07) is 6.93. The quantitative estimate of drug-likeness (QED) is 0.531. The van der Waals surface area contributed by atoms with Crippen molar-refractivity contribution >= 4 is 28.4 Å². The van der Waals surface area contributed by atoms with Crippen molar-refractivity contribution in [1.29, 1.82) is 0 Å². The van der Waals surface area contributed by atoms with Crippen LogP contribution in [0.4, 0.5) is 5.95 Å². The maximum absolute atomic E-state index is 12.0. The van der Waals surface area contributed by atoms with Gasteiger partial charge in [-0.3, -0.25) is 4.79 Å². The molecule has 2 N–H and O–H groups in total. The van der Waals surface area contributed by atoms with Crippen molar-refractivity contribution in [1.82, 2.24) is 29.5 Å². The molecular weight excluding hydrogens is 390 g/mol. The first kappa shape index (κ1) is 18.4. The number of hydrogen-bond donors (Lipinski definition) is 2. The Morgan fingerprint density at radius 2 is 2.06 bits per heavy atom. The van der Waals surface area contributed by atoms with E-state index in [2.05, 4.69) is 37.4 Å². The minimum absolute atomic E-state index is 0.333. The summed E-state index contributed by atoms with van der Waals surface area (Å²) in [4.78, 5) is 26.7. The van der Waals surface area contributed by atoms with Gasteiger partial charge in [-0.1, -0.05) is 0 Å². The van der Waals surface area contributed by atoms with Crippen LogP contribution in [-0.2, 0) is 4.79 Å². The number of fused-ring (bicyclic) bond motifs is 2. The Kier molecular flexibility index (Phi) is 4.36. The molecule has 4 aromatic rings. The molecule has 1 aliphatic heterocycles. The molecule has 2 fully saturated rings. The van der Waals surface area contributed by atoms with Crippen molar-refractivity contribution in [3.63, 3.8) is 0 Å². The number of carbonyl (C=O) groups is 1. The van der Waals surface area contributed by atoms with Crippen molar-refractivity contribution in [3.8, 4) is 11.1 Å². The van der Waals surface area contributed by atoms with E-state index in [0.29, 0.717) is 23.9 Å². The number of aromatic nitrogens is 5. The van der Waals surface area contributed by atoms with E-state index in [9.17, 15) is 4.79 Å². The van der Waals surface area contributed by atoms with E-state index in [1.54, 1.807) is 6.20 Å². The number of anilines is 1. The van der Waals surface area contributed by atoms with E-state index in [4.69, 9.17) is 4.98 Å². The minimum atomic E-state index is 0.333. The van der Waals surface area contributed by atoms with Crippen LogP contribution in [0.25, 0.3) is 27.7 Å². The van der Waals surface area contributed by atoms with E-state index in [-0.39, 0.29) is 0 Å². The summed E-state index contributed by atoms with van der Waals surface area (Å²) in [6.07, 6.45) is 13.6. The number of pyridine rings is 1. The zero-order valence-electron chi connectivity index (χ0n) is 17.3. The van der Waals surface area contributed by atoms with Crippen LogP contribution in [0.1, 0.15) is 38.5 Å². The third-order valence-corrected chi connectivity index (χ3v) is 6.72.